The fourth-order valence-electron chi connectivity index (χ4n) is 2.38. The smallest absolute Gasteiger partial charge is 0.311 e. The second kappa shape index (κ2) is 5.55. The lowest BCUT2D eigenvalue weighted by Gasteiger charge is -2.20. The number of hydrogen-bond donors (Lipinski definition) is 1. The van der Waals surface area contributed by atoms with Crippen molar-refractivity contribution in [1.82, 2.24) is 4.90 Å². The normalized spacial score (nSPS) is 21.9. The summed E-state index contributed by atoms with van der Waals surface area (Å²) in [6.07, 6.45) is 1.39. The van der Waals surface area contributed by atoms with Gasteiger partial charge in [-0.25, -0.2) is 8.42 Å². The van der Waals surface area contributed by atoms with Crippen LogP contribution in [-0.4, -0.2) is 49.6 Å². The molecule has 0 radical (unpaired) electrons. The average molecular weight is 346 g/mol. The van der Waals surface area contributed by atoms with Crippen LogP contribution in [0.3, 0.4) is 0 Å². The van der Waals surface area contributed by atoms with Gasteiger partial charge in [0.25, 0.3) is 5.91 Å². The van der Waals surface area contributed by atoms with Gasteiger partial charge < -0.3 is 10.0 Å². The molecule has 0 aromatic heterocycles. The van der Waals surface area contributed by atoms with Gasteiger partial charge in [-0.15, -0.1) is 0 Å². The molecule has 1 atom stereocenters. The quantitative estimate of drug-likeness (QED) is 0.899. The molecule has 8 heteroatoms. The number of nitrogens with zero attached hydrogens (tertiary/aromatic N) is 1. The molecule has 1 aromatic carbocycles. The summed E-state index contributed by atoms with van der Waals surface area (Å²) in [5.41, 5.74) is -0.921. The number of aliphatic carboxylic acids is 1. The van der Waals surface area contributed by atoms with Gasteiger partial charge in [-0.05, 0) is 31.5 Å². The third kappa shape index (κ3) is 3.10. The first-order chi connectivity index (χ1) is 10.0. The molecule has 0 spiro atoms. The van der Waals surface area contributed by atoms with E-state index >= 15 is 0 Å². The molecular formula is C14H16ClNO5S. The maximum absolute atomic E-state index is 12.5. The molecule has 1 aliphatic heterocycles. The highest BCUT2D eigenvalue weighted by Gasteiger charge is 2.42. The van der Waals surface area contributed by atoms with Gasteiger partial charge in [0.15, 0.2) is 9.84 Å². The van der Waals surface area contributed by atoms with Crippen molar-refractivity contribution < 1.29 is 23.1 Å². The molecule has 0 saturated carbocycles. The Morgan fingerprint density at radius 1 is 1.36 bits per heavy atom. The Labute approximate surface area is 133 Å². The molecule has 1 fully saturated rings. The van der Waals surface area contributed by atoms with Crippen LogP contribution in [0.25, 0.3) is 0 Å². The summed E-state index contributed by atoms with van der Waals surface area (Å²) >= 11 is 5.99. The Hall–Kier alpha value is -1.60. The van der Waals surface area contributed by atoms with Crippen molar-refractivity contribution in [2.24, 2.45) is 5.41 Å². The molecule has 120 valence electrons. The Bertz CT molecular complexity index is 746. The fourth-order valence-corrected chi connectivity index (χ4v) is 3.22. The molecule has 0 aliphatic carbocycles. The Kier molecular flexibility index (Phi) is 4.23. The number of carboxylic acid groups (broad SMARTS) is 1. The number of hydrogen-bond acceptors (Lipinski definition) is 4. The third-order valence-corrected chi connectivity index (χ3v) is 5.31. The number of carboxylic acids is 1. The van der Waals surface area contributed by atoms with Crippen molar-refractivity contribution in [2.45, 2.75) is 18.2 Å². The highest BCUT2D eigenvalue weighted by atomic mass is 35.5. The van der Waals surface area contributed by atoms with Crippen LogP contribution in [0.4, 0.5) is 0 Å². The summed E-state index contributed by atoms with van der Waals surface area (Å²) in [5, 5.41) is 9.34. The van der Waals surface area contributed by atoms with Crippen LogP contribution >= 0.6 is 11.6 Å². The third-order valence-electron chi connectivity index (χ3n) is 3.87. The fraction of sp³-hybridized carbons (Fsp3) is 0.429. The SMILES string of the molecule is CC1(C(=O)O)CCN(C(=O)c2cc(S(C)(=O)=O)ccc2Cl)C1. The summed E-state index contributed by atoms with van der Waals surface area (Å²) in [5.74, 6) is -1.42. The highest BCUT2D eigenvalue weighted by Crippen LogP contribution is 2.32. The molecule has 6 nitrogen and oxygen atoms in total. The van der Waals surface area contributed by atoms with E-state index in [0.717, 1.165) is 6.26 Å². The van der Waals surface area contributed by atoms with Crippen molar-refractivity contribution in [2.75, 3.05) is 19.3 Å². The first-order valence-electron chi connectivity index (χ1n) is 6.57. The number of halogens is 1. The van der Waals surface area contributed by atoms with E-state index in [9.17, 15) is 23.1 Å². The number of carbonyl (C=O) groups excluding carboxylic acids is 1. The Balaban J connectivity index is 2.33. The van der Waals surface area contributed by atoms with E-state index in [2.05, 4.69) is 0 Å². The summed E-state index contributed by atoms with van der Waals surface area (Å²) < 4.78 is 23.2. The van der Waals surface area contributed by atoms with Gasteiger partial charge >= 0.3 is 5.97 Å². The molecular weight excluding hydrogens is 330 g/mol. The minimum atomic E-state index is -3.46. The van der Waals surface area contributed by atoms with E-state index < -0.39 is 27.1 Å². The van der Waals surface area contributed by atoms with Crippen LogP contribution < -0.4 is 0 Å². The molecule has 1 aliphatic rings. The number of benzene rings is 1. The van der Waals surface area contributed by atoms with Crippen LogP contribution in [0, 0.1) is 5.41 Å². The minimum Gasteiger partial charge on any atom is -0.481 e. The lowest BCUT2D eigenvalue weighted by molar-refractivity contribution is -0.147. The number of carbonyl (C=O) groups is 2. The maximum atomic E-state index is 12.5. The van der Waals surface area contributed by atoms with Crippen molar-refractivity contribution >= 4 is 33.3 Å². The van der Waals surface area contributed by atoms with Crippen LogP contribution in [-0.2, 0) is 14.6 Å². The zero-order valence-electron chi connectivity index (χ0n) is 12.2. The van der Waals surface area contributed by atoms with E-state index in [1.165, 1.54) is 23.1 Å². The predicted molar refractivity (Wildman–Crippen MR) is 80.8 cm³/mol. The largest absolute Gasteiger partial charge is 0.481 e. The molecule has 22 heavy (non-hydrogen) atoms. The molecule has 1 heterocycles. The van der Waals surface area contributed by atoms with Crippen LogP contribution in [0.2, 0.25) is 5.02 Å². The Morgan fingerprint density at radius 3 is 2.50 bits per heavy atom. The lowest BCUT2D eigenvalue weighted by Crippen LogP contribution is -2.35. The first-order valence-corrected chi connectivity index (χ1v) is 8.84. The first kappa shape index (κ1) is 16.8. The topological polar surface area (TPSA) is 91.8 Å². The lowest BCUT2D eigenvalue weighted by atomic mass is 9.90. The van der Waals surface area contributed by atoms with Crippen LogP contribution in [0.15, 0.2) is 23.1 Å². The van der Waals surface area contributed by atoms with Crippen molar-refractivity contribution in [1.29, 1.82) is 0 Å². The van der Waals surface area contributed by atoms with Crippen molar-refractivity contribution in [3.8, 4) is 0 Å². The van der Waals surface area contributed by atoms with Gasteiger partial charge in [0.05, 0.1) is 20.9 Å². The van der Waals surface area contributed by atoms with Crippen LogP contribution in [0.1, 0.15) is 23.7 Å². The van der Waals surface area contributed by atoms with E-state index in [1.807, 2.05) is 0 Å². The zero-order valence-corrected chi connectivity index (χ0v) is 13.7. The summed E-state index contributed by atoms with van der Waals surface area (Å²) in [7, 11) is -3.46. The van der Waals surface area contributed by atoms with Gasteiger partial charge in [-0.2, -0.15) is 0 Å². The Morgan fingerprint density at radius 2 is 2.00 bits per heavy atom. The van der Waals surface area contributed by atoms with Gasteiger partial charge in [-0.1, -0.05) is 11.6 Å². The van der Waals surface area contributed by atoms with E-state index in [-0.39, 0.29) is 22.0 Å². The van der Waals surface area contributed by atoms with Gasteiger partial charge in [-0.3, -0.25) is 9.59 Å². The molecule has 2 rings (SSSR count). The molecule has 1 amide bonds. The van der Waals surface area contributed by atoms with Gasteiger partial charge in [0.1, 0.15) is 0 Å². The number of amides is 1. The minimum absolute atomic E-state index is 0.000410. The van der Waals surface area contributed by atoms with E-state index in [4.69, 9.17) is 11.6 Å². The van der Waals surface area contributed by atoms with Gasteiger partial charge in [0.2, 0.25) is 0 Å². The van der Waals surface area contributed by atoms with E-state index in [0.29, 0.717) is 13.0 Å². The second-order valence-electron chi connectivity index (χ2n) is 5.76. The summed E-state index contributed by atoms with van der Waals surface area (Å²) in [4.78, 5) is 25.1. The highest BCUT2D eigenvalue weighted by molar-refractivity contribution is 7.90. The zero-order chi connectivity index (χ0) is 16.7. The van der Waals surface area contributed by atoms with E-state index in [1.54, 1.807) is 6.92 Å². The standard InChI is InChI=1S/C14H16ClNO5S/c1-14(13(18)19)5-6-16(8-14)12(17)10-7-9(22(2,20)21)3-4-11(10)15/h3-4,7H,5-6,8H2,1-2H3,(H,18,19). The second-order valence-corrected chi connectivity index (χ2v) is 8.18. The predicted octanol–water partition coefficient (Wildman–Crippen LogP) is 1.68. The monoisotopic (exact) mass is 345 g/mol. The number of sulfone groups is 1. The number of likely N-dealkylation sites (tertiary alicyclic amines) is 1. The molecule has 1 aromatic rings. The molecule has 1 unspecified atom stereocenters. The average Bonchev–Trinajstić information content (AvgIpc) is 2.81. The molecule has 1 saturated heterocycles. The number of rotatable bonds is 3. The van der Waals surface area contributed by atoms with Gasteiger partial charge in [0, 0.05) is 19.3 Å². The molecule has 1 N–H and O–H groups in total. The van der Waals surface area contributed by atoms with Crippen molar-refractivity contribution in [3.05, 3.63) is 28.8 Å². The van der Waals surface area contributed by atoms with Crippen molar-refractivity contribution in [3.63, 3.8) is 0 Å². The summed E-state index contributed by atoms with van der Waals surface area (Å²) in [6.45, 7) is 1.94. The summed E-state index contributed by atoms with van der Waals surface area (Å²) in [6, 6.07) is 3.92. The van der Waals surface area contributed by atoms with Crippen LogP contribution in [0.5, 0.6) is 0 Å². The molecule has 0 bridgehead atoms. The maximum Gasteiger partial charge on any atom is 0.311 e.